The second kappa shape index (κ2) is 4.92. The van der Waals surface area contributed by atoms with E-state index in [9.17, 15) is 4.79 Å². The first-order valence-electron chi connectivity index (χ1n) is 5.20. The molecule has 0 bridgehead atoms. The Bertz CT molecular complexity index is 219. The Morgan fingerprint density at radius 3 is 2.73 bits per heavy atom. The van der Waals surface area contributed by atoms with Gasteiger partial charge in [0.1, 0.15) is 11.6 Å². The summed E-state index contributed by atoms with van der Waals surface area (Å²) in [6, 6.07) is -0.807. The molecule has 0 aromatic rings. The van der Waals surface area contributed by atoms with E-state index in [2.05, 4.69) is 5.32 Å². The Kier molecular flexibility index (Phi) is 4.07. The summed E-state index contributed by atoms with van der Waals surface area (Å²) in [5.74, 6) is -0.384. The van der Waals surface area contributed by atoms with Gasteiger partial charge in [-0.05, 0) is 20.8 Å². The molecule has 0 aliphatic carbocycles. The van der Waals surface area contributed by atoms with E-state index in [1.54, 1.807) is 0 Å². The van der Waals surface area contributed by atoms with Crippen LogP contribution in [0.4, 0.5) is 0 Å². The zero-order valence-corrected chi connectivity index (χ0v) is 9.58. The van der Waals surface area contributed by atoms with Crippen LogP contribution in [0.2, 0.25) is 0 Å². The summed E-state index contributed by atoms with van der Waals surface area (Å²) in [4.78, 5) is 11.6. The lowest BCUT2D eigenvalue weighted by atomic mass is 10.1. The van der Waals surface area contributed by atoms with E-state index in [-0.39, 0.29) is 12.0 Å². The molecular weight excluding hydrogens is 196 g/mol. The molecule has 0 spiro atoms. The molecule has 0 saturated carbocycles. The molecule has 0 aromatic heterocycles. The van der Waals surface area contributed by atoms with Crippen LogP contribution in [0.5, 0.6) is 0 Å². The van der Waals surface area contributed by atoms with Gasteiger partial charge in [-0.2, -0.15) is 0 Å². The summed E-state index contributed by atoms with van der Waals surface area (Å²) in [5.41, 5.74) is 5.29. The van der Waals surface area contributed by atoms with Crippen molar-refractivity contribution in [3.05, 3.63) is 0 Å². The third kappa shape index (κ3) is 4.15. The molecular formula is C10H20N2O3. The fourth-order valence-electron chi connectivity index (χ4n) is 1.35. The minimum atomic E-state index is -0.662. The van der Waals surface area contributed by atoms with Crippen LogP contribution in [-0.2, 0) is 14.3 Å². The lowest BCUT2D eigenvalue weighted by Crippen LogP contribution is -2.56. The molecule has 0 amide bonds. The number of nitrogens with one attached hydrogen (secondary N) is 1. The molecule has 1 saturated heterocycles. The highest BCUT2D eigenvalue weighted by molar-refractivity contribution is 5.76. The fraction of sp³-hybridized carbons (Fsp3) is 0.900. The van der Waals surface area contributed by atoms with Crippen molar-refractivity contribution >= 4 is 5.97 Å². The number of hydrogen-bond acceptors (Lipinski definition) is 5. The van der Waals surface area contributed by atoms with Gasteiger partial charge in [0, 0.05) is 6.54 Å². The average molecular weight is 216 g/mol. The number of rotatable bonds is 2. The van der Waals surface area contributed by atoms with Crippen LogP contribution >= 0.6 is 0 Å². The lowest BCUT2D eigenvalue weighted by Gasteiger charge is -2.29. The monoisotopic (exact) mass is 216 g/mol. The predicted molar refractivity (Wildman–Crippen MR) is 56.4 cm³/mol. The molecule has 2 atom stereocenters. The van der Waals surface area contributed by atoms with E-state index in [0.717, 1.165) is 6.54 Å². The van der Waals surface area contributed by atoms with E-state index in [1.165, 1.54) is 0 Å². The summed E-state index contributed by atoms with van der Waals surface area (Å²) in [6.45, 7) is 7.31. The molecule has 0 radical (unpaired) electrons. The zero-order valence-electron chi connectivity index (χ0n) is 9.58. The minimum absolute atomic E-state index is 0.145. The third-order valence-corrected chi connectivity index (χ3v) is 2.06. The van der Waals surface area contributed by atoms with Gasteiger partial charge < -0.3 is 20.5 Å². The van der Waals surface area contributed by atoms with Crippen molar-refractivity contribution in [2.75, 3.05) is 19.8 Å². The number of hydrogen-bond donors (Lipinski definition) is 2. The molecule has 15 heavy (non-hydrogen) atoms. The van der Waals surface area contributed by atoms with Gasteiger partial charge in [-0.3, -0.25) is 4.79 Å². The fourth-order valence-corrected chi connectivity index (χ4v) is 1.35. The van der Waals surface area contributed by atoms with Gasteiger partial charge >= 0.3 is 5.97 Å². The Morgan fingerprint density at radius 2 is 2.27 bits per heavy atom. The van der Waals surface area contributed by atoms with Crippen LogP contribution in [0.15, 0.2) is 0 Å². The van der Waals surface area contributed by atoms with Crippen LogP contribution in [0.3, 0.4) is 0 Å². The molecule has 1 aliphatic rings. The number of ether oxygens (including phenoxy) is 2. The lowest BCUT2D eigenvalue weighted by molar-refractivity contribution is -0.158. The van der Waals surface area contributed by atoms with Crippen LogP contribution < -0.4 is 11.1 Å². The first kappa shape index (κ1) is 12.4. The van der Waals surface area contributed by atoms with Gasteiger partial charge in [-0.1, -0.05) is 0 Å². The number of nitrogens with two attached hydrogens (primary N) is 1. The van der Waals surface area contributed by atoms with Crippen molar-refractivity contribution in [1.82, 2.24) is 5.32 Å². The number of carbonyl (C=O) groups excluding carboxylic acids is 1. The molecule has 0 aromatic carbocycles. The maximum atomic E-state index is 11.6. The molecule has 5 nitrogen and oxygen atoms in total. The topological polar surface area (TPSA) is 73.6 Å². The quantitative estimate of drug-likeness (QED) is 0.617. The second-order valence-electron chi connectivity index (χ2n) is 4.69. The van der Waals surface area contributed by atoms with E-state index in [0.29, 0.717) is 13.2 Å². The molecule has 1 aliphatic heterocycles. The molecule has 5 heteroatoms. The van der Waals surface area contributed by atoms with Crippen molar-refractivity contribution in [2.45, 2.75) is 38.5 Å². The van der Waals surface area contributed by atoms with Crippen LogP contribution in [0, 0.1) is 0 Å². The Balaban J connectivity index is 2.44. The Labute approximate surface area is 90.3 Å². The van der Waals surface area contributed by atoms with Gasteiger partial charge in [0.05, 0.1) is 19.3 Å². The smallest absolute Gasteiger partial charge is 0.325 e. The minimum Gasteiger partial charge on any atom is -0.459 e. The maximum absolute atomic E-state index is 11.6. The molecule has 1 fully saturated rings. The summed E-state index contributed by atoms with van der Waals surface area (Å²) >= 11 is 0. The van der Waals surface area contributed by atoms with Crippen LogP contribution in [0.25, 0.3) is 0 Å². The van der Waals surface area contributed by atoms with Gasteiger partial charge in [0.25, 0.3) is 0 Å². The Hall–Kier alpha value is -0.650. The van der Waals surface area contributed by atoms with Crippen molar-refractivity contribution < 1.29 is 14.3 Å². The number of carbonyl (C=O) groups is 1. The van der Waals surface area contributed by atoms with E-state index in [1.807, 2.05) is 20.8 Å². The van der Waals surface area contributed by atoms with Crippen molar-refractivity contribution in [3.8, 4) is 0 Å². The second-order valence-corrected chi connectivity index (χ2v) is 4.69. The summed E-state index contributed by atoms with van der Waals surface area (Å²) < 4.78 is 10.4. The zero-order chi connectivity index (χ0) is 11.5. The van der Waals surface area contributed by atoms with Crippen LogP contribution in [0.1, 0.15) is 20.8 Å². The van der Waals surface area contributed by atoms with Crippen molar-refractivity contribution in [1.29, 1.82) is 0 Å². The van der Waals surface area contributed by atoms with Gasteiger partial charge in [0.2, 0.25) is 0 Å². The van der Waals surface area contributed by atoms with Crippen molar-refractivity contribution in [2.24, 2.45) is 5.73 Å². The molecule has 88 valence electrons. The summed E-state index contributed by atoms with van der Waals surface area (Å²) in [6.07, 6.45) is 0. The van der Waals surface area contributed by atoms with Gasteiger partial charge in [-0.25, -0.2) is 0 Å². The normalized spacial score (nSPS) is 24.7. The number of esters is 1. The van der Waals surface area contributed by atoms with Gasteiger partial charge in [0.15, 0.2) is 0 Å². The van der Waals surface area contributed by atoms with E-state index < -0.39 is 11.6 Å². The highest BCUT2D eigenvalue weighted by atomic mass is 16.6. The van der Waals surface area contributed by atoms with E-state index in [4.69, 9.17) is 15.2 Å². The van der Waals surface area contributed by atoms with Crippen molar-refractivity contribution in [3.63, 3.8) is 0 Å². The first-order valence-corrected chi connectivity index (χ1v) is 5.20. The largest absolute Gasteiger partial charge is 0.459 e. The average Bonchev–Trinajstić information content (AvgIpc) is 2.15. The highest BCUT2D eigenvalue weighted by Gasteiger charge is 2.30. The standard InChI is InChI=1S/C10H20N2O3/c1-10(2,3)15-9(13)8(11)7-6-14-5-4-12-7/h7-8,12H,4-6,11H2,1-3H3. The SMILES string of the molecule is CC(C)(C)OC(=O)C(N)C1COCCN1. The Morgan fingerprint density at radius 1 is 1.60 bits per heavy atom. The highest BCUT2D eigenvalue weighted by Crippen LogP contribution is 2.09. The number of morpholine rings is 1. The molecule has 2 unspecified atom stereocenters. The van der Waals surface area contributed by atoms with Crippen LogP contribution in [-0.4, -0.2) is 43.4 Å². The predicted octanol–water partition coefficient (Wildman–Crippen LogP) is -0.356. The van der Waals surface area contributed by atoms with Gasteiger partial charge in [-0.15, -0.1) is 0 Å². The molecule has 1 heterocycles. The van der Waals surface area contributed by atoms with E-state index >= 15 is 0 Å². The molecule has 1 rings (SSSR count). The first-order chi connectivity index (χ1) is 6.90. The summed E-state index contributed by atoms with van der Waals surface area (Å²) in [5, 5.41) is 3.13. The maximum Gasteiger partial charge on any atom is 0.325 e. The summed E-state index contributed by atoms with van der Waals surface area (Å²) in [7, 11) is 0. The third-order valence-electron chi connectivity index (χ3n) is 2.06. The molecule has 3 N–H and O–H groups in total.